The Morgan fingerprint density at radius 3 is 2.68 bits per heavy atom. The van der Waals surface area contributed by atoms with E-state index in [-0.39, 0.29) is 5.91 Å². The van der Waals surface area contributed by atoms with Crippen molar-refractivity contribution in [2.45, 2.75) is 25.9 Å². The van der Waals surface area contributed by atoms with Gasteiger partial charge in [-0.15, -0.1) is 0 Å². The van der Waals surface area contributed by atoms with Crippen LogP contribution in [0.1, 0.15) is 18.1 Å². The number of nitrogens with zero attached hydrogens (tertiary/aromatic N) is 1. The van der Waals surface area contributed by atoms with E-state index in [1.807, 2.05) is 29.2 Å². The summed E-state index contributed by atoms with van der Waals surface area (Å²) in [6.07, 6.45) is 0.519. The van der Waals surface area contributed by atoms with E-state index in [0.29, 0.717) is 26.1 Å². The Morgan fingerprint density at radius 1 is 1.37 bits per heavy atom. The molecule has 102 valence electrons. The summed E-state index contributed by atoms with van der Waals surface area (Å²) >= 11 is 0. The summed E-state index contributed by atoms with van der Waals surface area (Å²) in [6, 6.07) is 7.40. The van der Waals surface area contributed by atoms with Crippen molar-refractivity contribution in [1.82, 2.24) is 10.2 Å². The van der Waals surface area contributed by atoms with Crippen LogP contribution in [0.4, 0.5) is 0 Å². The summed E-state index contributed by atoms with van der Waals surface area (Å²) in [4.78, 5) is 24.1. The third kappa shape index (κ3) is 3.32. The molecule has 0 spiro atoms. The molecule has 2 N–H and O–H groups in total. The van der Waals surface area contributed by atoms with Crippen LogP contribution in [-0.4, -0.2) is 41.0 Å². The summed E-state index contributed by atoms with van der Waals surface area (Å²) < 4.78 is 0. The average Bonchev–Trinajstić information content (AvgIpc) is 2.37. The molecule has 5 nitrogen and oxygen atoms in total. The summed E-state index contributed by atoms with van der Waals surface area (Å²) in [7, 11) is 0. The second-order valence-electron chi connectivity index (χ2n) is 4.78. The van der Waals surface area contributed by atoms with E-state index >= 15 is 0 Å². The summed E-state index contributed by atoms with van der Waals surface area (Å²) in [6.45, 7) is 3.10. The normalized spacial score (nSPS) is 18.7. The van der Waals surface area contributed by atoms with Gasteiger partial charge in [0, 0.05) is 26.6 Å². The standard InChI is InChI=1S/C14H18N2O3/c1-10(17)15-6-7-16-9-12-5-3-2-4-11(12)8-13(16)14(18)19/h2-5,13H,6-9H2,1H3,(H,15,17)(H,18,19)/t13-/m0/s1. The smallest absolute Gasteiger partial charge is 0.321 e. The summed E-state index contributed by atoms with van der Waals surface area (Å²) in [5.41, 5.74) is 2.27. The lowest BCUT2D eigenvalue weighted by Crippen LogP contribution is -2.48. The maximum absolute atomic E-state index is 11.3. The first kappa shape index (κ1) is 13.5. The molecule has 0 saturated carbocycles. The molecule has 1 aromatic rings. The molecule has 0 aromatic heterocycles. The van der Waals surface area contributed by atoms with Crippen molar-refractivity contribution in [2.24, 2.45) is 0 Å². The molecule has 1 aromatic carbocycles. The average molecular weight is 262 g/mol. The number of carbonyl (C=O) groups excluding carboxylic acids is 1. The van der Waals surface area contributed by atoms with Gasteiger partial charge in [-0.25, -0.2) is 0 Å². The number of hydrogen-bond donors (Lipinski definition) is 2. The molecule has 1 atom stereocenters. The highest BCUT2D eigenvalue weighted by Gasteiger charge is 2.30. The number of carbonyl (C=O) groups is 2. The second-order valence-corrected chi connectivity index (χ2v) is 4.78. The van der Waals surface area contributed by atoms with Crippen LogP contribution in [-0.2, 0) is 22.6 Å². The zero-order valence-corrected chi connectivity index (χ0v) is 10.9. The lowest BCUT2D eigenvalue weighted by atomic mass is 9.94. The van der Waals surface area contributed by atoms with Crippen molar-refractivity contribution in [2.75, 3.05) is 13.1 Å². The van der Waals surface area contributed by atoms with Crippen LogP contribution < -0.4 is 5.32 Å². The number of carboxylic acids is 1. The van der Waals surface area contributed by atoms with Gasteiger partial charge in [0.05, 0.1) is 0 Å². The van der Waals surface area contributed by atoms with Gasteiger partial charge in [0.1, 0.15) is 6.04 Å². The third-order valence-electron chi connectivity index (χ3n) is 3.40. The van der Waals surface area contributed by atoms with Crippen molar-refractivity contribution in [3.05, 3.63) is 35.4 Å². The number of rotatable bonds is 4. The maximum Gasteiger partial charge on any atom is 0.321 e. The van der Waals surface area contributed by atoms with Crippen molar-refractivity contribution in [1.29, 1.82) is 0 Å². The van der Waals surface area contributed by atoms with Crippen LogP contribution in [0, 0.1) is 0 Å². The zero-order chi connectivity index (χ0) is 13.8. The fraction of sp³-hybridized carbons (Fsp3) is 0.429. The molecular formula is C14H18N2O3. The number of aliphatic carboxylic acids is 1. The molecule has 5 heteroatoms. The molecule has 1 amide bonds. The molecule has 0 aliphatic carbocycles. The molecule has 0 saturated heterocycles. The van der Waals surface area contributed by atoms with Gasteiger partial charge in [0.25, 0.3) is 0 Å². The molecule has 0 bridgehead atoms. The van der Waals surface area contributed by atoms with E-state index in [0.717, 1.165) is 5.56 Å². The van der Waals surface area contributed by atoms with E-state index in [2.05, 4.69) is 5.32 Å². The van der Waals surface area contributed by atoms with Crippen molar-refractivity contribution in [3.63, 3.8) is 0 Å². The van der Waals surface area contributed by atoms with Gasteiger partial charge in [-0.1, -0.05) is 24.3 Å². The van der Waals surface area contributed by atoms with Crippen molar-refractivity contribution in [3.8, 4) is 0 Å². The fourth-order valence-electron chi connectivity index (χ4n) is 2.43. The Labute approximate surface area is 112 Å². The van der Waals surface area contributed by atoms with Crippen molar-refractivity contribution < 1.29 is 14.7 Å². The Kier molecular flexibility index (Phi) is 4.16. The van der Waals surface area contributed by atoms with Gasteiger partial charge in [-0.2, -0.15) is 0 Å². The van der Waals surface area contributed by atoms with Gasteiger partial charge in [-0.3, -0.25) is 14.5 Å². The van der Waals surface area contributed by atoms with E-state index in [1.165, 1.54) is 12.5 Å². The Balaban J connectivity index is 2.08. The lowest BCUT2D eigenvalue weighted by Gasteiger charge is -2.34. The fourth-order valence-corrected chi connectivity index (χ4v) is 2.43. The first-order chi connectivity index (χ1) is 9.08. The first-order valence-electron chi connectivity index (χ1n) is 6.36. The minimum atomic E-state index is -0.808. The number of benzene rings is 1. The number of hydrogen-bond acceptors (Lipinski definition) is 3. The van der Waals surface area contributed by atoms with E-state index < -0.39 is 12.0 Å². The highest BCUT2D eigenvalue weighted by Crippen LogP contribution is 2.22. The van der Waals surface area contributed by atoms with Gasteiger partial charge in [-0.05, 0) is 17.5 Å². The third-order valence-corrected chi connectivity index (χ3v) is 3.40. The van der Waals surface area contributed by atoms with Crippen LogP contribution in [0.25, 0.3) is 0 Å². The van der Waals surface area contributed by atoms with Gasteiger partial charge < -0.3 is 10.4 Å². The van der Waals surface area contributed by atoms with Crippen LogP contribution in [0.3, 0.4) is 0 Å². The Hall–Kier alpha value is -1.88. The van der Waals surface area contributed by atoms with Gasteiger partial charge >= 0.3 is 5.97 Å². The number of carboxylic acid groups (broad SMARTS) is 1. The van der Waals surface area contributed by atoms with E-state index in [1.54, 1.807) is 0 Å². The van der Waals surface area contributed by atoms with Crippen LogP contribution in [0.2, 0.25) is 0 Å². The molecule has 1 aliphatic rings. The summed E-state index contributed by atoms with van der Waals surface area (Å²) in [5.74, 6) is -0.901. The minimum absolute atomic E-state index is 0.0933. The Bertz CT molecular complexity index is 487. The lowest BCUT2D eigenvalue weighted by molar-refractivity contribution is -0.143. The molecule has 1 heterocycles. The SMILES string of the molecule is CC(=O)NCCN1Cc2ccccc2C[C@H]1C(=O)O. The molecule has 0 unspecified atom stereocenters. The predicted octanol–water partition coefficient (Wildman–Crippen LogP) is 0.634. The topological polar surface area (TPSA) is 69.6 Å². The van der Waals surface area contributed by atoms with E-state index in [4.69, 9.17) is 0 Å². The molecular weight excluding hydrogens is 244 g/mol. The Morgan fingerprint density at radius 2 is 2.05 bits per heavy atom. The highest BCUT2D eigenvalue weighted by atomic mass is 16.4. The molecule has 1 aliphatic heterocycles. The van der Waals surface area contributed by atoms with Crippen LogP contribution in [0.15, 0.2) is 24.3 Å². The quantitative estimate of drug-likeness (QED) is 0.835. The number of amides is 1. The zero-order valence-electron chi connectivity index (χ0n) is 10.9. The first-order valence-corrected chi connectivity index (χ1v) is 6.36. The second kappa shape index (κ2) is 5.84. The van der Waals surface area contributed by atoms with Gasteiger partial charge in [0.15, 0.2) is 0 Å². The van der Waals surface area contributed by atoms with Crippen LogP contribution >= 0.6 is 0 Å². The molecule has 19 heavy (non-hydrogen) atoms. The molecule has 0 radical (unpaired) electrons. The molecule has 2 rings (SSSR count). The largest absolute Gasteiger partial charge is 0.480 e. The predicted molar refractivity (Wildman–Crippen MR) is 70.7 cm³/mol. The van der Waals surface area contributed by atoms with Crippen molar-refractivity contribution >= 4 is 11.9 Å². The monoisotopic (exact) mass is 262 g/mol. The highest BCUT2D eigenvalue weighted by molar-refractivity contribution is 5.74. The van der Waals surface area contributed by atoms with Gasteiger partial charge in [0.2, 0.25) is 5.91 Å². The van der Waals surface area contributed by atoms with Crippen LogP contribution in [0.5, 0.6) is 0 Å². The van der Waals surface area contributed by atoms with E-state index in [9.17, 15) is 14.7 Å². The molecule has 0 fully saturated rings. The maximum atomic E-state index is 11.3. The number of fused-ring (bicyclic) bond motifs is 1. The minimum Gasteiger partial charge on any atom is -0.480 e. The summed E-state index contributed by atoms with van der Waals surface area (Å²) in [5, 5.41) is 12.0. The number of nitrogens with one attached hydrogen (secondary N) is 1.